The van der Waals surface area contributed by atoms with Crippen LogP contribution < -0.4 is 11.1 Å². The first kappa shape index (κ1) is 20.8. The average Bonchev–Trinajstić information content (AvgIpc) is 3.28. The van der Waals surface area contributed by atoms with E-state index >= 15 is 0 Å². The summed E-state index contributed by atoms with van der Waals surface area (Å²) >= 11 is 0. The SMILES string of the molecule is O=c1oc2ccccc2cc1-c1nn(-c2ccccc2)cc1/C=N/Nc1ccc([N+](=O)[O-])cc1. The van der Waals surface area contributed by atoms with E-state index in [1.165, 1.54) is 18.3 Å². The normalized spacial score (nSPS) is 11.2. The van der Waals surface area contributed by atoms with Crippen LogP contribution in [0.2, 0.25) is 0 Å². The van der Waals surface area contributed by atoms with E-state index in [0.29, 0.717) is 28.1 Å². The summed E-state index contributed by atoms with van der Waals surface area (Å²) in [5.41, 5.74) is 5.52. The highest BCUT2D eigenvalue weighted by Crippen LogP contribution is 2.24. The maximum atomic E-state index is 12.8. The van der Waals surface area contributed by atoms with Crippen LogP contribution in [0.15, 0.2) is 105 Å². The minimum absolute atomic E-state index is 0.0102. The topological polar surface area (TPSA) is 116 Å². The molecule has 0 fully saturated rings. The zero-order valence-corrected chi connectivity index (χ0v) is 17.7. The molecular weight excluding hydrogens is 434 g/mol. The molecule has 9 nitrogen and oxygen atoms in total. The van der Waals surface area contributed by atoms with Gasteiger partial charge in [-0.25, -0.2) is 9.48 Å². The molecule has 0 aliphatic rings. The Labute approximate surface area is 192 Å². The summed E-state index contributed by atoms with van der Waals surface area (Å²) in [6.07, 6.45) is 3.30. The molecule has 2 aromatic heterocycles. The molecular formula is C25H17N5O4. The molecule has 0 saturated carbocycles. The van der Waals surface area contributed by atoms with Crippen LogP contribution in [0.1, 0.15) is 5.56 Å². The van der Waals surface area contributed by atoms with Crippen molar-refractivity contribution < 1.29 is 9.34 Å². The quantitative estimate of drug-likeness (QED) is 0.168. The highest BCUT2D eigenvalue weighted by Gasteiger charge is 2.16. The molecule has 5 rings (SSSR count). The molecule has 0 atom stereocenters. The summed E-state index contributed by atoms with van der Waals surface area (Å²) in [4.78, 5) is 23.1. The Balaban J connectivity index is 1.54. The van der Waals surface area contributed by atoms with Gasteiger partial charge in [-0.2, -0.15) is 10.2 Å². The van der Waals surface area contributed by atoms with E-state index in [4.69, 9.17) is 4.42 Å². The van der Waals surface area contributed by atoms with Gasteiger partial charge in [-0.15, -0.1) is 0 Å². The molecule has 34 heavy (non-hydrogen) atoms. The van der Waals surface area contributed by atoms with Gasteiger partial charge in [0.15, 0.2) is 0 Å². The van der Waals surface area contributed by atoms with E-state index < -0.39 is 10.5 Å². The number of nitrogens with one attached hydrogen (secondary N) is 1. The van der Waals surface area contributed by atoms with Crippen LogP contribution in [0.25, 0.3) is 27.9 Å². The summed E-state index contributed by atoms with van der Waals surface area (Å²) in [5, 5.41) is 20.5. The van der Waals surface area contributed by atoms with Gasteiger partial charge in [0.1, 0.15) is 11.3 Å². The number of aromatic nitrogens is 2. The number of nitro benzene ring substituents is 1. The van der Waals surface area contributed by atoms with Crippen molar-refractivity contribution in [3.63, 3.8) is 0 Å². The van der Waals surface area contributed by atoms with Crippen molar-refractivity contribution >= 4 is 28.6 Å². The van der Waals surface area contributed by atoms with Gasteiger partial charge < -0.3 is 4.42 Å². The van der Waals surface area contributed by atoms with E-state index in [9.17, 15) is 14.9 Å². The molecule has 0 aliphatic heterocycles. The number of nitro groups is 1. The Morgan fingerprint density at radius 2 is 1.74 bits per heavy atom. The van der Waals surface area contributed by atoms with Gasteiger partial charge in [0.2, 0.25) is 0 Å². The Bertz CT molecular complexity index is 1570. The van der Waals surface area contributed by atoms with Crippen molar-refractivity contribution in [2.75, 3.05) is 5.43 Å². The standard InChI is InChI=1S/C25H17N5O4/c31-25-22(14-17-6-4-5-9-23(17)34-25)24-18(16-29(28-24)20-7-2-1-3-8-20)15-26-27-19-10-12-21(13-11-19)30(32)33/h1-16,27H/b26-15+. The van der Waals surface area contributed by atoms with Crippen molar-refractivity contribution in [2.45, 2.75) is 0 Å². The number of benzene rings is 3. The van der Waals surface area contributed by atoms with E-state index in [2.05, 4.69) is 15.6 Å². The molecule has 0 radical (unpaired) electrons. The van der Waals surface area contributed by atoms with E-state index in [-0.39, 0.29) is 5.69 Å². The number of nitrogens with zero attached hydrogens (tertiary/aromatic N) is 4. The van der Waals surface area contributed by atoms with Gasteiger partial charge in [-0.3, -0.25) is 15.5 Å². The number of para-hydroxylation sites is 2. The van der Waals surface area contributed by atoms with Crippen molar-refractivity contribution in [3.05, 3.63) is 117 Å². The summed E-state index contributed by atoms with van der Waals surface area (Å²) < 4.78 is 7.17. The second-order valence-electron chi connectivity index (χ2n) is 7.37. The van der Waals surface area contributed by atoms with Crippen LogP contribution in [-0.2, 0) is 0 Å². The molecule has 0 bridgehead atoms. The van der Waals surface area contributed by atoms with Crippen LogP contribution in [0.4, 0.5) is 11.4 Å². The number of hydrogen-bond donors (Lipinski definition) is 1. The van der Waals surface area contributed by atoms with E-state index in [1.807, 2.05) is 42.5 Å². The summed E-state index contributed by atoms with van der Waals surface area (Å²) in [6, 6.07) is 24.4. The van der Waals surface area contributed by atoms with Crippen LogP contribution >= 0.6 is 0 Å². The second kappa shape index (κ2) is 8.83. The number of anilines is 1. The van der Waals surface area contributed by atoms with Crippen LogP contribution in [0, 0.1) is 10.1 Å². The highest BCUT2D eigenvalue weighted by molar-refractivity contribution is 5.91. The first-order valence-electron chi connectivity index (χ1n) is 10.3. The van der Waals surface area contributed by atoms with Gasteiger partial charge in [0.05, 0.1) is 28.1 Å². The fourth-order valence-corrected chi connectivity index (χ4v) is 3.47. The number of hydrazone groups is 1. The molecule has 9 heteroatoms. The summed E-state index contributed by atoms with van der Waals surface area (Å²) in [6.45, 7) is 0. The third-order valence-electron chi connectivity index (χ3n) is 5.14. The summed E-state index contributed by atoms with van der Waals surface area (Å²) in [7, 11) is 0. The zero-order valence-electron chi connectivity index (χ0n) is 17.7. The molecule has 0 spiro atoms. The molecule has 0 saturated heterocycles. The van der Waals surface area contributed by atoms with Crippen molar-refractivity contribution in [1.82, 2.24) is 9.78 Å². The molecule has 0 amide bonds. The number of fused-ring (bicyclic) bond motifs is 1. The number of non-ortho nitro benzene ring substituents is 1. The fraction of sp³-hybridized carbons (Fsp3) is 0. The molecule has 3 aromatic carbocycles. The van der Waals surface area contributed by atoms with Crippen LogP contribution in [-0.4, -0.2) is 20.9 Å². The molecule has 2 heterocycles. The first-order chi connectivity index (χ1) is 16.6. The fourth-order valence-electron chi connectivity index (χ4n) is 3.47. The number of rotatable bonds is 6. The predicted molar refractivity (Wildman–Crippen MR) is 129 cm³/mol. The van der Waals surface area contributed by atoms with Crippen molar-refractivity contribution in [3.8, 4) is 16.9 Å². The third kappa shape index (κ3) is 4.17. The zero-order chi connectivity index (χ0) is 23.5. The van der Waals surface area contributed by atoms with Crippen molar-refractivity contribution in [1.29, 1.82) is 0 Å². The lowest BCUT2D eigenvalue weighted by molar-refractivity contribution is -0.384. The average molecular weight is 451 g/mol. The second-order valence-corrected chi connectivity index (χ2v) is 7.37. The van der Waals surface area contributed by atoms with E-state index in [1.54, 1.807) is 41.2 Å². The minimum atomic E-state index is -0.505. The highest BCUT2D eigenvalue weighted by atomic mass is 16.6. The lowest BCUT2D eigenvalue weighted by Crippen LogP contribution is -2.05. The molecule has 0 aliphatic carbocycles. The molecule has 1 N–H and O–H groups in total. The third-order valence-corrected chi connectivity index (χ3v) is 5.14. The van der Waals surface area contributed by atoms with Crippen molar-refractivity contribution in [2.24, 2.45) is 5.10 Å². The first-order valence-corrected chi connectivity index (χ1v) is 10.3. The van der Waals surface area contributed by atoms with Gasteiger partial charge >= 0.3 is 5.63 Å². The Morgan fingerprint density at radius 1 is 1.00 bits per heavy atom. The lowest BCUT2D eigenvalue weighted by Gasteiger charge is -2.02. The van der Waals surface area contributed by atoms with Gasteiger partial charge in [0.25, 0.3) is 5.69 Å². The Kier molecular flexibility index (Phi) is 5.41. The summed E-state index contributed by atoms with van der Waals surface area (Å²) in [5.74, 6) is 0. The largest absolute Gasteiger partial charge is 0.422 e. The number of hydrogen-bond acceptors (Lipinski definition) is 7. The van der Waals surface area contributed by atoms with Crippen LogP contribution in [0.5, 0.6) is 0 Å². The minimum Gasteiger partial charge on any atom is -0.422 e. The Morgan fingerprint density at radius 3 is 2.50 bits per heavy atom. The van der Waals surface area contributed by atoms with Gasteiger partial charge in [0, 0.05) is 29.3 Å². The maximum absolute atomic E-state index is 12.8. The maximum Gasteiger partial charge on any atom is 0.345 e. The molecule has 5 aromatic rings. The molecule has 0 unspecified atom stereocenters. The smallest absolute Gasteiger partial charge is 0.345 e. The van der Waals surface area contributed by atoms with Gasteiger partial charge in [-0.1, -0.05) is 36.4 Å². The van der Waals surface area contributed by atoms with E-state index in [0.717, 1.165) is 11.1 Å². The lowest BCUT2D eigenvalue weighted by atomic mass is 10.1. The molecule has 166 valence electrons. The van der Waals surface area contributed by atoms with Crippen LogP contribution in [0.3, 0.4) is 0 Å². The Hall–Kier alpha value is -5.05. The monoisotopic (exact) mass is 451 g/mol. The predicted octanol–water partition coefficient (Wildman–Crippen LogP) is 5.00. The van der Waals surface area contributed by atoms with Gasteiger partial charge in [-0.05, 0) is 36.4 Å².